The lowest BCUT2D eigenvalue weighted by molar-refractivity contribution is 0.257. The van der Waals surface area contributed by atoms with Crippen LogP contribution in [-0.4, -0.2) is 10.2 Å². The summed E-state index contributed by atoms with van der Waals surface area (Å²) in [6, 6.07) is 11.1. The van der Waals surface area contributed by atoms with Crippen LogP contribution in [0.3, 0.4) is 0 Å². The van der Waals surface area contributed by atoms with Crippen molar-refractivity contribution in [1.82, 2.24) is 0 Å². The maximum Gasteiger partial charge on any atom is 0.351 e. The molecule has 0 radical (unpaired) electrons. The van der Waals surface area contributed by atoms with E-state index in [2.05, 4.69) is 10.1 Å². The first-order valence-electron chi connectivity index (χ1n) is 3.07. The van der Waals surface area contributed by atoms with E-state index < -0.39 is 6.03 Å². The number of hydrogen-bond donors (Lipinski definition) is 1. The number of hydrogen-bond acceptors (Lipinski definition) is 2. The number of carbonyl (C=O) groups excluding carboxylic acids is 1. The molecule has 2 amide bonds. The van der Waals surface area contributed by atoms with E-state index in [1.54, 1.807) is 0 Å². The van der Waals surface area contributed by atoms with Crippen LogP contribution in [0.4, 0.5) is 4.79 Å². The molecular weight excluding hydrogens is 176 g/mol. The van der Waals surface area contributed by atoms with Crippen LogP contribution in [0.15, 0.2) is 40.8 Å². The van der Waals surface area contributed by atoms with Crippen LogP contribution in [-0.2, 0) is 11.5 Å². The van der Waals surface area contributed by atoms with E-state index in [0.717, 1.165) is 0 Å². The topological polar surface area (TPSA) is 72.5 Å². The quantitative estimate of drug-likeness (QED) is 0.656. The molecule has 12 heavy (non-hydrogen) atoms. The molecule has 2 N–H and O–H groups in total. The van der Waals surface area contributed by atoms with Crippen molar-refractivity contribution in [2.24, 2.45) is 10.1 Å². The highest BCUT2D eigenvalue weighted by Gasteiger charge is 1.76. The van der Waals surface area contributed by atoms with Crippen molar-refractivity contribution < 1.29 is 9.00 Å². The summed E-state index contributed by atoms with van der Waals surface area (Å²) in [5.74, 6) is 0. The fraction of sp³-hybridized carbons (Fsp3) is 0. The third kappa shape index (κ3) is 8.51. The second-order valence-corrected chi connectivity index (χ2v) is 1.99. The number of benzene rings is 1. The summed E-state index contributed by atoms with van der Waals surface area (Å²) in [6.07, 6.45) is 0. The minimum absolute atomic E-state index is 0.190. The molecular formula is C7H8N2O2S. The third-order valence-electron chi connectivity index (χ3n) is 0.794. The Labute approximate surface area is 73.6 Å². The fourth-order valence-corrected chi connectivity index (χ4v) is 0.495. The van der Waals surface area contributed by atoms with Gasteiger partial charge < -0.3 is 5.73 Å². The molecule has 0 aliphatic heterocycles. The molecule has 0 aliphatic rings. The van der Waals surface area contributed by atoms with Crippen molar-refractivity contribution >= 4 is 17.5 Å². The minimum atomic E-state index is -0.935. The molecule has 0 atom stereocenters. The highest BCUT2D eigenvalue weighted by Crippen LogP contribution is 1.79. The molecule has 0 aromatic heterocycles. The fourth-order valence-electron chi connectivity index (χ4n) is 0.422. The Bertz CT molecular complexity index is 243. The predicted octanol–water partition coefficient (Wildman–Crippen LogP) is 1.15. The minimum Gasteiger partial charge on any atom is -0.349 e. The molecule has 0 aliphatic carbocycles. The van der Waals surface area contributed by atoms with Crippen molar-refractivity contribution in [3.63, 3.8) is 0 Å². The molecule has 0 fully saturated rings. The Balaban J connectivity index is 0.000000202. The van der Waals surface area contributed by atoms with Gasteiger partial charge in [-0.15, -0.1) is 0 Å². The second-order valence-electron chi connectivity index (χ2n) is 1.66. The first-order chi connectivity index (χ1) is 5.77. The number of nitrogens with zero attached hydrogens (tertiary/aromatic N) is 1. The lowest BCUT2D eigenvalue weighted by atomic mass is 10.4. The molecule has 5 heteroatoms. The number of carbonyl (C=O) groups is 1. The summed E-state index contributed by atoms with van der Waals surface area (Å²) in [7, 11) is 0. The molecule has 1 aromatic rings. The van der Waals surface area contributed by atoms with E-state index in [1.165, 1.54) is 0 Å². The molecule has 0 saturated heterocycles. The molecule has 0 heterocycles. The average molecular weight is 184 g/mol. The molecule has 0 spiro atoms. The van der Waals surface area contributed by atoms with E-state index in [1.807, 2.05) is 36.4 Å². The highest BCUT2D eigenvalue weighted by atomic mass is 32.1. The molecule has 0 saturated carbocycles. The van der Waals surface area contributed by atoms with Gasteiger partial charge in [0.25, 0.3) is 0 Å². The monoisotopic (exact) mass is 184 g/mol. The van der Waals surface area contributed by atoms with Gasteiger partial charge in [0.05, 0.1) is 0 Å². The van der Waals surface area contributed by atoms with Crippen LogP contribution >= 0.6 is 0 Å². The van der Waals surface area contributed by atoms with Gasteiger partial charge in [0, 0.05) is 0 Å². The van der Waals surface area contributed by atoms with Gasteiger partial charge in [-0.1, -0.05) is 40.8 Å². The van der Waals surface area contributed by atoms with Gasteiger partial charge in [-0.25, -0.2) is 4.79 Å². The highest BCUT2D eigenvalue weighted by molar-refractivity contribution is 7.55. The number of urea groups is 1. The normalized spacial score (nSPS) is 7.33. The van der Waals surface area contributed by atoms with Gasteiger partial charge in [-0.2, -0.15) is 4.21 Å². The Morgan fingerprint density at radius 1 is 1.08 bits per heavy atom. The van der Waals surface area contributed by atoms with Crippen LogP contribution in [0.5, 0.6) is 0 Å². The van der Waals surface area contributed by atoms with Crippen LogP contribution in [0.2, 0.25) is 0 Å². The summed E-state index contributed by atoms with van der Waals surface area (Å²) in [5.41, 5.74) is 4.38. The Hall–Kier alpha value is -1.49. The lowest BCUT2D eigenvalue weighted by Crippen LogP contribution is -2.01. The number of rotatable bonds is 0. The Kier molecular flexibility index (Phi) is 6.67. The Morgan fingerprint density at radius 3 is 1.50 bits per heavy atom. The van der Waals surface area contributed by atoms with E-state index >= 15 is 0 Å². The van der Waals surface area contributed by atoms with Crippen molar-refractivity contribution in [2.75, 3.05) is 0 Å². The van der Waals surface area contributed by atoms with Crippen LogP contribution in [0.1, 0.15) is 0 Å². The summed E-state index contributed by atoms with van der Waals surface area (Å²) in [6.45, 7) is 0. The predicted molar refractivity (Wildman–Crippen MR) is 46.6 cm³/mol. The summed E-state index contributed by atoms with van der Waals surface area (Å²) < 4.78 is 11.8. The van der Waals surface area contributed by atoms with E-state index in [0.29, 0.717) is 0 Å². The summed E-state index contributed by atoms with van der Waals surface area (Å²) >= 11 is -0.190. The van der Waals surface area contributed by atoms with Gasteiger partial charge in [-0.05, 0) is 0 Å². The van der Waals surface area contributed by atoms with Gasteiger partial charge in [0.15, 0.2) is 0 Å². The largest absolute Gasteiger partial charge is 0.351 e. The smallest absolute Gasteiger partial charge is 0.349 e. The molecule has 1 aromatic carbocycles. The van der Waals surface area contributed by atoms with Crippen LogP contribution in [0.25, 0.3) is 0 Å². The number of amides is 2. The van der Waals surface area contributed by atoms with Crippen molar-refractivity contribution in [2.45, 2.75) is 0 Å². The molecule has 0 bridgehead atoms. The van der Waals surface area contributed by atoms with E-state index in [9.17, 15) is 9.00 Å². The average Bonchev–Trinajstić information content (AvgIpc) is 2.08. The molecule has 0 unspecified atom stereocenters. The molecule has 64 valence electrons. The van der Waals surface area contributed by atoms with Crippen LogP contribution < -0.4 is 5.73 Å². The summed E-state index contributed by atoms with van der Waals surface area (Å²) in [4.78, 5) is 9.43. The van der Waals surface area contributed by atoms with Gasteiger partial charge in [0.2, 0.25) is 11.5 Å². The Morgan fingerprint density at radius 2 is 1.42 bits per heavy atom. The SMILES string of the molecule is NC(=O)N=S=O.c1ccccc1. The van der Waals surface area contributed by atoms with Crippen LogP contribution in [0, 0.1) is 0 Å². The zero-order valence-corrected chi connectivity index (χ0v) is 7.03. The maximum atomic E-state index is 9.43. The lowest BCUT2D eigenvalue weighted by Gasteiger charge is -1.69. The van der Waals surface area contributed by atoms with E-state index in [4.69, 9.17) is 0 Å². The number of primary amides is 1. The van der Waals surface area contributed by atoms with Crippen molar-refractivity contribution in [1.29, 1.82) is 0 Å². The number of nitrogens with two attached hydrogens (primary N) is 1. The zero-order valence-electron chi connectivity index (χ0n) is 6.21. The van der Waals surface area contributed by atoms with Gasteiger partial charge >= 0.3 is 6.03 Å². The van der Waals surface area contributed by atoms with Crippen molar-refractivity contribution in [3.8, 4) is 0 Å². The third-order valence-corrected chi connectivity index (χ3v) is 1.05. The first kappa shape index (κ1) is 10.5. The summed E-state index contributed by atoms with van der Waals surface area (Å²) in [5, 5.41) is 0. The van der Waals surface area contributed by atoms with Gasteiger partial charge in [-0.3, -0.25) is 0 Å². The van der Waals surface area contributed by atoms with Gasteiger partial charge in [0.1, 0.15) is 0 Å². The standard InChI is InChI=1S/C6H6.CH2N2O2S/c1-2-4-6-5-3-1;2-1(4)3-6-5/h1-6H;(H2,2,4). The van der Waals surface area contributed by atoms with E-state index in [-0.39, 0.29) is 11.5 Å². The molecule has 4 nitrogen and oxygen atoms in total. The zero-order chi connectivity index (χ0) is 9.23. The second kappa shape index (κ2) is 7.62. The molecule has 1 rings (SSSR count). The van der Waals surface area contributed by atoms with Crippen molar-refractivity contribution in [3.05, 3.63) is 36.4 Å². The maximum absolute atomic E-state index is 9.43. The first-order valence-corrected chi connectivity index (χ1v) is 3.76.